The van der Waals surface area contributed by atoms with Gasteiger partial charge in [-0.1, -0.05) is 163 Å². The molecule has 0 saturated heterocycles. The molecule has 0 saturated carbocycles. The number of nitrogens with zero attached hydrogens (tertiary/aromatic N) is 1. The number of carbonyl (C=O) groups excluding carboxylic acids is 2. The number of carbonyl (C=O) groups is 2. The predicted octanol–water partition coefficient (Wildman–Crippen LogP) is 16.6. The molecule has 4 rings (SSSR count). The van der Waals surface area contributed by atoms with Gasteiger partial charge in [0.2, 0.25) is 0 Å². The van der Waals surface area contributed by atoms with Gasteiger partial charge in [-0.3, -0.25) is 14.5 Å². The number of unbranched alkanes of at least 4 members (excludes halogenated alkanes) is 19. The van der Waals surface area contributed by atoms with Crippen LogP contribution in [-0.2, 0) is 12.8 Å². The van der Waals surface area contributed by atoms with E-state index in [1.165, 1.54) is 165 Å². The van der Waals surface area contributed by atoms with Crippen LogP contribution in [0.3, 0.4) is 0 Å². The quantitative estimate of drug-likeness (QED) is 0.0498. The highest BCUT2D eigenvalue weighted by Gasteiger charge is 2.42. The molecule has 302 valence electrons. The zero-order chi connectivity index (χ0) is 38.7. The summed E-state index contributed by atoms with van der Waals surface area (Å²) in [6.45, 7) is 13.9. The third-order valence-corrected chi connectivity index (χ3v) is 15.6. The molecule has 0 aliphatic carbocycles. The summed E-state index contributed by atoms with van der Waals surface area (Å²) in [5.41, 5.74) is 4.25. The Bertz CT molecular complexity index is 1540. The van der Waals surface area contributed by atoms with Crippen LogP contribution < -0.4 is 0 Å². The van der Waals surface area contributed by atoms with Crippen LogP contribution in [0.1, 0.15) is 223 Å². The Morgan fingerprint density at radius 3 is 1.50 bits per heavy atom. The normalized spacial score (nSPS) is 13.5. The summed E-state index contributed by atoms with van der Waals surface area (Å²) in [6, 6.07) is 4.91. The minimum atomic E-state index is -0.0662. The van der Waals surface area contributed by atoms with E-state index in [1.54, 1.807) is 16.2 Å². The number of thiophene rings is 3. The fourth-order valence-electron chi connectivity index (χ4n) is 8.29. The van der Waals surface area contributed by atoms with Crippen molar-refractivity contribution in [3.63, 3.8) is 0 Å². The van der Waals surface area contributed by atoms with Crippen molar-refractivity contribution in [1.82, 2.24) is 4.90 Å². The number of amides is 2. The van der Waals surface area contributed by atoms with Crippen molar-refractivity contribution in [3.05, 3.63) is 44.1 Å². The van der Waals surface area contributed by atoms with Crippen LogP contribution in [0.15, 0.2) is 12.1 Å². The van der Waals surface area contributed by atoms with Gasteiger partial charge in [0.1, 0.15) is 0 Å². The summed E-state index contributed by atoms with van der Waals surface area (Å²) < 4.78 is 0. The van der Waals surface area contributed by atoms with E-state index in [0.717, 1.165) is 41.9 Å². The van der Waals surface area contributed by atoms with E-state index in [1.807, 2.05) is 22.7 Å². The molecule has 0 bridgehead atoms. The topological polar surface area (TPSA) is 37.4 Å². The minimum absolute atomic E-state index is 0.0603. The lowest BCUT2D eigenvalue weighted by Crippen LogP contribution is -2.34. The summed E-state index contributed by atoms with van der Waals surface area (Å²) in [4.78, 5) is 37.0. The zero-order valence-electron chi connectivity index (χ0n) is 35.3. The highest BCUT2D eigenvalue weighted by Crippen LogP contribution is 2.49. The van der Waals surface area contributed by atoms with Gasteiger partial charge in [-0.2, -0.15) is 0 Å². The Morgan fingerprint density at radius 1 is 0.500 bits per heavy atom. The molecule has 54 heavy (non-hydrogen) atoms. The highest BCUT2D eigenvalue weighted by molar-refractivity contribution is 7.27. The molecule has 1 aliphatic heterocycles. The molecule has 3 nitrogen and oxygen atoms in total. The smallest absolute Gasteiger partial charge is 0.263 e. The number of rotatable bonds is 30. The molecule has 1 atom stereocenters. The number of aryl methyl sites for hydroxylation is 4. The van der Waals surface area contributed by atoms with Gasteiger partial charge in [-0.15, -0.1) is 34.0 Å². The average molecular weight is 794 g/mol. The van der Waals surface area contributed by atoms with Crippen molar-refractivity contribution in [3.8, 4) is 19.5 Å². The van der Waals surface area contributed by atoms with Gasteiger partial charge >= 0.3 is 0 Å². The van der Waals surface area contributed by atoms with Crippen LogP contribution in [0.2, 0.25) is 0 Å². The van der Waals surface area contributed by atoms with E-state index < -0.39 is 0 Å². The molecule has 3 aromatic rings. The largest absolute Gasteiger partial charge is 0.274 e. The van der Waals surface area contributed by atoms with Crippen LogP contribution in [0.5, 0.6) is 0 Å². The predicted molar refractivity (Wildman–Crippen MR) is 240 cm³/mol. The van der Waals surface area contributed by atoms with Crippen LogP contribution in [0, 0.1) is 19.8 Å². The highest BCUT2D eigenvalue weighted by atomic mass is 32.1. The van der Waals surface area contributed by atoms with Gasteiger partial charge < -0.3 is 0 Å². The van der Waals surface area contributed by atoms with E-state index in [0.29, 0.717) is 23.6 Å². The number of hydrogen-bond donors (Lipinski definition) is 0. The summed E-state index contributed by atoms with van der Waals surface area (Å²) in [5, 5.41) is 0. The molecule has 1 unspecified atom stereocenters. The average Bonchev–Trinajstić information content (AvgIpc) is 3.91. The van der Waals surface area contributed by atoms with E-state index in [4.69, 9.17) is 0 Å². The van der Waals surface area contributed by atoms with Crippen LogP contribution in [-0.4, -0.2) is 23.3 Å². The molecular weight excluding hydrogens is 719 g/mol. The maximum Gasteiger partial charge on any atom is 0.263 e. The first-order chi connectivity index (χ1) is 26.3. The van der Waals surface area contributed by atoms with Gasteiger partial charge in [-0.05, 0) is 75.1 Å². The molecule has 1 aliphatic rings. The van der Waals surface area contributed by atoms with Crippen molar-refractivity contribution in [2.75, 3.05) is 6.54 Å². The van der Waals surface area contributed by atoms with E-state index in [2.05, 4.69) is 53.7 Å². The third-order valence-electron chi connectivity index (χ3n) is 11.9. The molecule has 4 heterocycles. The molecule has 0 radical (unpaired) electrons. The summed E-state index contributed by atoms with van der Waals surface area (Å²) in [6.07, 6.45) is 33.5. The van der Waals surface area contributed by atoms with Crippen molar-refractivity contribution >= 4 is 45.8 Å². The lowest BCUT2D eigenvalue weighted by Gasteiger charge is -2.21. The lowest BCUT2D eigenvalue weighted by molar-refractivity contribution is 0.0624. The van der Waals surface area contributed by atoms with Gasteiger partial charge in [0.05, 0.1) is 16.0 Å². The molecule has 0 fully saturated rings. The van der Waals surface area contributed by atoms with Crippen molar-refractivity contribution in [2.45, 2.75) is 208 Å². The van der Waals surface area contributed by atoms with E-state index in [9.17, 15) is 9.59 Å². The Hall–Kier alpha value is -1.76. The van der Waals surface area contributed by atoms with Crippen molar-refractivity contribution in [2.24, 2.45) is 5.92 Å². The van der Waals surface area contributed by atoms with Gasteiger partial charge in [0.25, 0.3) is 11.8 Å². The summed E-state index contributed by atoms with van der Waals surface area (Å²) in [5.74, 6) is 0.240. The summed E-state index contributed by atoms with van der Waals surface area (Å²) in [7, 11) is 0. The first kappa shape index (κ1) is 44.9. The fraction of sp³-hybridized carbons (Fsp3) is 0.708. The maximum absolute atomic E-state index is 14.2. The van der Waals surface area contributed by atoms with E-state index >= 15 is 0 Å². The standard InChI is InChI=1S/C48H75NO2S3/c1-7-11-14-16-18-20-22-24-26-28-31-39-33-41(52-36(39)5)42-34-40(32-29-27-25-23-21-19-17-15-12-8-2)45(54-42)46-44-43(37(6)53-46)47(50)49(48(44)51)35-38(10-4)30-13-9-3/h33-34,38H,7-32,35H2,1-6H3. The van der Waals surface area contributed by atoms with Gasteiger partial charge in [0, 0.05) is 30.9 Å². The lowest BCUT2D eigenvalue weighted by atomic mass is 9.99. The molecule has 0 spiro atoms. The summed E-state index contributed by atoms with van der Waals surface area (Å²) >= 11 is 5.48. The zero-order valence-corrected chi connectivity index (χ0v) is 37.8. The van der Waals surface area contributed by atoms with Gasteiger partial charge in [-0.25, -0.2) is 0 Å². The van der Waals surface area contributed by atoms with Gasteiger partial charge in [0.15, 0.2) is 0 Å². The number of hydrogen-bond acceptors (Lipinski definition) is 5. The maximum atomic E-state index is 14.2. The SMILES string of the molecule is CCCCCCCCCCCCc1cc(-c2cc(CCCCCCCCCCCC)c(-c3sc(C)c4c3C(=O)N(CC(CC)CCCC)C4=O)s2)sc1C. The third kappa shape index (κ3) is 13.2. The monoisotopic (exact) mass is 793 g/mol. The Labute approximate surface area is 343 Å². The second-order valence-electron chi connectivity index (χ2n) is 16.4. The molecule has 3 aromatic heterocycles. The van der Waals surface area contributed by atoms with E-state index in [-0.39, 0.29) is 11.8 Å². The second kappa shape index (κ2) is 24.8. The van der Waals surface area contributed by atoms with Crippen molar-refractivity contribution < 1.29 is 9.59 Å². The molecular formula is C48H75NO2S3. The van der Waals surface area contributed by atoms with Crippen molar-refractivity contribution in [1.29, 1.82) is 0 Å². The number of fused-ring (bicyclic) bond motifs is 1. The first-order valence-corrected chi connectivity index (χ1v) is 25.0. The fourth-order valence-corrected chi connectivity index (χ4v) is 12.0. The Morgan fingerprint density at radius 2 is 0.963 bits per heavy atom. The first-order valence-electron chi connectivity index (χ1n) is 22.6. The van der Waals surface area contributed by atoms with Crippen LogP contribution >= 0.6 is 34.0 Å². The molecule has 2 amide bonds. The molecule has 0 aromatic carbocycles. The molecule has 0 N–H and O–H groups in total. The number of imide groups is 1. The van der Waals surface area contributed by atoms with Crippen LogP contribution in [0.25, 0.3) is 19.5 Å². The Balaban J connectivity index is 1.47. The minimum Gasteiger partial charge on any atom is -0.274 e. The molecule has 6 heteroatoms. The second-order valence-corrected chi connectivity index (χ2v) is 19.9. The van der Waals surface area contributed by atoms with Crippen LogP contribution in [0.4, 0.5) is 0 Å². The Kier molecular flexibility index (Phi) is 20.6.